The average molecular weight is 645 g/mol. The number of Topliss-reactive ketones (excluding diaryl/α,β-unsaturated/α-hetero) is 1. The number of benzene rings is 2. The van der Waals surface area contributed by atoms with Gasteiger partial charge in [0.05, 0.1) is 18.8 Å². The first-order valence-electron chi connectivity index (χ1n) is 10.2. The molecule has 36 heavy (non-hydrogen) atoms. The molecule has 0 spiro atoms. The maximum absolute atomic E-state index is 11.8. The van der Waals surface area contributed by atoms with Gasteiger partial charge in [-0.25, -0.2) is 9.59 Å². The van der Waals surface area contributed by atoms with Crippen molar-refractivity contribution in [2.24, 2.45) is 0 Å². The molecule has 0 unspecified atom stereocenters. The van der Waals surface area contributed by atoms with Crippen LogP contribution in [0.4, 0.5) is 0 Å². The number of hydrogen-bond acceptors (Lipinski definition) is 6. The fraction of sp³-hybridized carbons (Fsp3) is 0.200. The van der Waals surface area contributed by atoms with Crippen LogP contribution in [0.2, 0.25) is 0 Å². The minimum Gasteiger partial charge on any atom is -0.460 e. The van der Waals surface area contributed by atoms with Crippen LogP contribution < -0.4 is 0 Å². The first-order chi connectivity index (χ1) is 16.7. The Labute approximate surface area is 229 Å². The Balaban J connectivity index is 0.000000292. The number of ether oxygens (including phenoxy) is 2. The summed E-state index contributed by atoms with van der Waals surface area (Å²) in [5.74, 6) is -2.44. The number of carbonyl (C=O) groups is 4. The highest BCUT2D eigenvalue weighted by atomic mass is 79.9. The van der Waals surface area contributed by atoms with Crippen LogP contribution in [0.5, 0.6) is 0 Å². The molecular formula is C25H25Br2ClN2O6. The summed E-state index contributed by atoms with van der Waals surface area (Å²) >= 11 is 11.4. The van der Waals surface area contributed by atoms with Gasteiger partial charge in [-0.15, -0.1) is 0 Å². The number of halogens is 3. The number of carbonyl (C=O) groups excluding carboxylic acids is 4. The van der Waals surface area contributed by atoms with Gasteiger partial charge in [0.2, 0.25) is 0 Å². The first kappa shape index (κ1) is 31.1. The topological polar surface area (TPSA) is 118 Å². The van der Waals surface area contributed by atoms with E-state index in [1.807, 2.05) is 24.4 Å². The van der Waals surface area contributed by atoms with Gasteiger partial charge in [0.1, 0.15) is 0 Å². The second-order valence-corrected chi connectivity index (χ2v) is 8.82. The molecule has 0 aliphatic heterocycles. The predicted octanol–water partition coefficient (Wildman–Crippen LogP) is 6.56. The zero-order valence-electron chi connectivity index (χ0n) is 18.7. The Hall–Kier alpha value is -2.95. The van der Waals surface area contributed by atoms with Gasteiger partial charge in [-0.2, -0.15) is 0 Å². The zero-order chi connectivity index (χ0) is 26.0. The molecule has 2 aromatic carbocycles. The monoisotopic (exact) mass is 642 g/mol. The van der Waals surface area contributed by atoms with Crippen LogP contribution in [-0.2, 0) is 23.9 Å². The van der Waals surface area contributed by atoms with Gasteiger partial charge in [-0.1, -0.05) is 51.4 Å². The lowest BCUT2D eigenvalue weighted by Crippen LogP contribution is -2.17. The molecule has 4 aromatic rings. The van der Waals surface area contributed by atoms with Crippen molar-refractivity contribution in [1.82, 2.24) is 9.97 Å². The van der Waals surface area contributed by atoms with Crippen molar-refractivity contribution in [3.05, 3.63) is 69.4 Å². The van der Waals surface area contributed by atoms with Crippen LogP contribution in [0.25, 0.3) is 21.8 Å². The summed E-state index contributed by atoms with van der Waals surface area (Å²) in [6.07, 6.45) is 3.47. The van der Waals surface area contributed by atoms with Crippen molar-refractivity contribution >= 4 is 88.2 Å². The summed E-state index contributed by atoms with van der Waals surface area (Å²) in [5, 5.41) is 0.890. The van der Waals surface area contributed by atoms with Crippen LogP contribution in [0.3, 0.4) is 0 Å². The number of nitrogens with one attached hydrogen (secondary N) is 2. The van der Waals surface area contributed by atoms with Crippen LogP contribution in [0.15, 0.2) is 63.8 Å². The molecule has 11 heteroatoms. The van der Waals surface area contributed by atoms with Crippen molar-refractivity contribution in [3.63, 3.8) is 0 Å². The lowest BCUT2D eigenvalue weighted by atomic mass is 10.1. The van der Waals surface area contributed by atoms with E-state index in [-0.39, 0.29) is 20.6 Å². The number of esters is 2. The van der Waals surface area contributed by atoms with Gasteiger partial charge < -0.3 is 19.4 Å². The number of aromatic amines is 2. The van der Waals surface area contributed by atoms with E-state index >= 15 is 0 Å². The average Bonchev–Trinajstić information content (AvgIpc) is 3.45. The molecule has 2 N–H and O–H groups in total. The Bertz CT molecular complexity index is 1350. The Morgan fingerprint density at radius 3 is 2.00 bits per heavy atom. The van der Waals surface area contributed by atoms with E-state index < -0.39 is 23.0 Å². The summed E-state index contributed by atoms with van der Waals surface area (Å²) in [6.45, 7) is 3.63. The largest absolute Gasteiger partial charge is 0.460 e. The van der Waals surface area contributed by atoms with Crippen molar-refractivity contribution in [1.29, 1.82) is 0 Å². The van der Waals surface area contributed by atoms with E-state index in [0.29, 0.717) is 10.9 Å². The lowest BCUT2D eigenvalue weighted by Gasteiger charge is -1.99. The molecule has 0 bridgehead atoms. The number of H-pyrrole nitrogens is 2. The molecule has 8 nitrogen and oxygen atoms in total. The molecular weight excluding hydrogens is 620 g/mol. The normalized spacial score (nSPS) is 9.69. The van der Waals surface area contributed by atoms with E-state index in [1.54, 1.807) is 19.9 Å². The minimum absolute atomic E-state index is 0. The maximum Gasteiger partial charge on any atom is 0.391 e. The third-order valence-corrected chi connectivity index (χ3v) is 5.44. The Morgan fingerprint density at radius 1 is 0.833 bits per heavy atom. The molecule has 0 saturated carbocycles. The predicted molar refractivity (Wildman–Crippen MR) is 147 cm³/mol. The second kappa shape index (κ2) is 15.2. The van der Waals surface area contributed by atoms with Gasteiger partial charge in [0, 0.05) is 37.8 Å². The van der Waals surface area contributed by atoms with E-state index in [4.69, 9.17) is 11.6 Å². The molecule has 0 radical (unpaired) electrons. The van der Waals surface area contributed by atoms with Gasteiger partial charge >= 0.3 is 17.2 Å². The molecule has 0 aliphatic rings. The fourth-order valence-corrected chi connectivity index (χ4v) is 3.58. The van der Waals surface area contributed by atoms with Crippen molar-refractivity contribution in [3.8, 4) is 0 Å². The van der Waals surface area contributed by atoms with Gasteiger partial charge in [0.15, 0.2) is 0 Å². The van der Waals surface area contributed by atoms with Crippen molar-refractivity contribution in [2.45, 2.75) is 21.3 Å². The van der Waals surface area contributed by atoms with E-state index in [1.165, 1.54) is 17.1 Å². The van der Waals surface area contributed by atoms with Crippen LogP contribution in [0.1, 0.15) is 31.6 Å². The number of hydrogen-bond donors (Lipinski definition) is 2. The summed E-state index contributed by atoms with van der Waals surface area (Å²) in [7, 11) is 0. The summed E-state index contributed by atoms with van der Waals surface area (Å²) < 4.78 is 10.9. The van der Waals surface area contributed by atoms with E-state index in [2.05, 4.69) is 69.5 Å². The second-order valence-electron chi connectivity index (χ2n) is 6.65. The van der Waals surface area contributed by atoms with Gasteiger partial charge in [-0.3, -0.25) is 9.59 Å². The van der Waals surface area contributed by atoms with Crippen molar-refractivity contribution < 1.29 is 28.7 Å². The van der Waals surface area contributed by atoms with Crippen LogP contribution >= 0.6 is 43.5 Å². The van der Waals surface area contributed by atoms with E-state index in [0.717, 1.165) is 14.5 Å². The quantitative estimate of drug-likeness (QED) is 0.110. The van der Waals surface area contributed by atoms with Crippen LogP contribution in [-0.4, -0.2) is 46.1 Å². The molecule has 0 amide bonds. The molecule has 0 aliphatic carbocycles. The summed E-state index contributed by atoms with van der Waals surface area (Å²) in [4.78, 5) is 49.1. The number of rotatable bonds is 5. The summed E-state index contributed by atoms with van der Waals surface area (Å²) in [6, 6.07) is 13.7. The first-order valence-corrected chi connectivity index (χ1v) is 12.2. The molecule has 2 heterocycles. The molecule has 0 atom stereocenters. The zero-order valence-corrected chi connectivity index (χ0v) is 22.6. The third kappa shape index (κ3) is 8.92. The standard InChI is InChI=1S/C12H10BrNO3.C8H6BrN.C4H5ClO3.CH4/c1-2-17-12(16)11(15)9-6-14-10-5-7(13)3-4-8(9)10;9-7-2-1-6-3-4-10-8(6)5-7;1-2-8-4(7)3(5)6;/h3-6,14H,2H2,1H3;1-5,10H;2H2,1H3;1H4. The highest BCUT2D eigenvalue weighted by molar-refractivity contribution is 9.10. The minimum atomic E-state index is -1.08. The number of fused-ring (bicyclic) bond motifs is 2. The molecule has 192 valence electrons. The van der Waals surface area contributed by atoms with Crippen LogP contribution in [0, 0.1) is 0 Å². The maximum atomic E-state index is 11.8. The molecule has 4 rings (SSSR count). The highest BCUT2D eigenvalue weighted by Crippen LogP contribution is 2.23. The third-order valence-electron chi connectivity index (χ3n) is 4.30. The van der Waals surface area contributed by atoms with Gasteiger partial charge in [-0.05, 0) is 61.2 Å². The molecule has 2 aromatic heterocycles. The Kier molecular flexibility index (Phi) is 13.1. The van der Waals surface area contributed by atoms with Crippen molar-refractivity contribution in [2.75, 3.05) is 13.2 Å². The van der Waals surface area contributed by atoms with E-state index in [9.17, 15) is 19.2 Å². The summed E-state index contributed by atoms with van der Waals surface area (Å²) in [5.41, 5.74) is 2.31. The SMILES string of the molecule is Brc1ccc2cc[nH]c2c1.C.CCOC(=O)C(=O)Cl.CCOC(=O)C(=O)c1c[nH]c2cc(Br)ccc12. The highest BCUT2D eigenvalue weighted by Gasteiger charge is 2.20. The Morgan fingerprint density at radius 2 is 1.42 bits per heavy atom. The van der Waals surface area contributed by atoms with Gasteiger partial charge in [0.25, 0.3) is 5.78 Å². The number of aromatic nitrogens is 2. The lowest BCUT2D eigenvalue weighted by molar-refractivity contribution is -0.149. The smallest absolute Gasteiger partial charge is 0.391 e. The molecule has 0 saturated heterocycles. The molecule has 0 fully saturated rings. The fourth-order valence-electron chi connectivity index (χ4n) is 2.80. The number of ketones is 1.